The van der Waals surface area contributed by atoms with Crippen molar-refractivity contribution in [3.8, 4) is 0 Å². The molecule has 0 saturated carbocycles. The van der Waals surface area contributed by atoms with E-state index in [9.17, 15) is 0 Å². The zero-order valence-electron chi connectivity index (χ0n) is 23.0. The molecule has 4 aromatic carbocycles. The van der Waals surface area contributed by atoms with Crippen molar-refractivity contribution in [2.75, 3.05) is 0 Å². The summed E-state index contributed by atoms with van der Waals surface area (Å²) in [7, 11) is -0.551. The maximum atomic E-state index is 4.36. The van der Waals surface area contributed by atoms with Gasteiger partial charge < -0.3 is 4.57 Å². The number of benzene rings is 4. The molecule has 4 heteroatoms. The number of hydrogen-bond donors (Lipinski definition) is 0. The van der Waals surface area contributed by atoms with Crippen LogP contribution in [0, 0.1) is 0 Å². The molecule has 0 aliphatic heterocycles. The summed E-state index contributed by atoms with van der Waals surface area (Å²) in [5.74, 6) is 1.99. The molecule has 5 rings (SSSR count). The summed E-state index contributed by atoms with van der Waals surface area (Å²) in [6.45, 7) is 8.58. The zero-order valence-corrected chi connectivity index (χ0v) is 24.4. The molecule has 194 valence electrons. The van der Waals surface area contributed by atoms with Crippen molar-refractivity contribution in [3.63, 3.8) is 0 Å². The number of rotatable bonds is 9. The molecular weight excluding hydrogens is 487 g/mol. The van der Waals surface area contributed by atoms with Gasteiger partial charge in [-0.3, -0.25) is 0 Å². The van der Waals surface area contributed by atoms with Crippen molar-refractivity contribution in [2.45, 2.75) is 25.1 Å². The van der Waals surface area contributed by atoms with E-state index >= 15 is 0 Å². The highest BCUT2D eigenvalue weighted by atomic mass is 28.2. The second kappa shape index (κ2) is 14.1. The minimum absolute atomic E-state index is 0.108. The molecule has 0 atom stereocenters. The fourth-order valence-corrected chi connectivity index (χ4v) is 7.64. The van der Waals surface area contributed by atoms with E-state index in [0.29, 0.717) is 6.71 Å². The third-order valence-corrected chi connectivity index (χ3v) is 10.3. The summed E-state index contributed by atoms with van der Waals surface area (Å²) >= 11 is 0. The molecule has 5 aromatic rings. The van der Waals surface area contributed by atoms with Crippen LogP contribution < -0.4 is 10.9 Å². The molecule has 0 radical (unpaired) electrons. The zero-order chi connectivity index (χ0) is 27.3. The maximum absolute atomic E-state index is 4.36. The Morgan fingerprint density at radius 2 is 1.26 bits per heavy atom. The molecule has 0 aliphatic rings. The normalized spacial score (nSPS) is 11.6. The third kappa shape index (κ3) is 6.84. The van der Waals surface area contributed by atoms with Gasteiger partial charge in [0.25, 0.3) is 0 Å². The van der Waals surface area contributed by atoms with Crippen LogP contribution in [0.25, 0.3) is 0 Å². The van der Waals surface area contributed by atoms with Gasteiger partial charge in [0.2, 0.25) is 6.71 Å². The van der Waals surface area contributed by atoms with Crippen molar-refractivity contribution in [1.82, 2.24) is 9.55 Å². The van der Waals surface area contributed by atoms with Gasteiger partial charge in [-0.25, -0.2) is 4.98 Å². The summed E-state index contributed by atoms with van der Waals surface area (Å²) in [6, 6.07) is 43.8. The van der Waals surface area contributed by atoms with Crippen LogP contribution in [0.1, 0.15) is 25.0 Å². The lowest BCUT2D eigenvalue weighted by Gasteiger charge is -2.37. The molecular formula is C35H37BN2Si. The van der Waals surface area contributed by atoms with Crippen LogP contribution in [0.4, 0.5) is 0 Å². The fourth-order valence-electron chi connectivity index (χ4n) is 5.10. The summed E-state index contributed by atoms with van der Waals surface area (Å²) in [5, 5.41) is -0.108. The Bertz CT molecular complexity index is 1340. The summed E-state index contributed by atoms with van der Waals surface area (Å²) in [6.07, 6.45) is 8.20. The Hall–Kier alpha value is -4.15. The van der Waals surface area contributed by atoms with Crippen LogP contribution >= 0.6 is 0 Å². The molecule has 0 aliphatic carbocycles. The van der Waals surface area contributed by atoms with Gasteiger partial charge in [0, 0.05) is 12.4 Å². The number of aromatic nitrogens is 2. The predicted molar refractivity (Wildman–Crippen MR) is 172 cm³/mol. The lowest BCUT2D eigenvalue weighted by molar-refractivity contribution is 0.592. The van der Waals surface area contributed by atoms with Gasteiger partial charge in [-0.1, -0.05) is 144 Å². The van der Waals surface area contributed by atoms with E-state index in [1.807, 2.05) is 30.6 Å². The highest BCUT2D eigenvalue weighted by Crippen LogP contribution is 2.34. The van der Waals surface area contributed by atoms with Gasteiger partial charge in [0.15, 0.2) is 0 Å². The molecule has 0 saturated heterocycles. The van der Waals surface area contributed by atoms with Crippen LogP contribution in [0.2, 0.25) is 6.04 Å². The van der Waals surface area contributed by atoms with Crippen molar-refractivity contribution in [3.05, 3.63) is 175 Å². The van der Waals surface area contributed by atoms with Crippen LogP contribution in [0.15, 0.2) is 164 Å². The smallest absolute Gasteiger partial charge is 0.233 e. The van der Waals surface area contributed by atoms with Gasteiger partial charge in [-0.2, -0.15) is 0 Å². The molecule has 0 bridgehead atoms. The van der Waals surface area contributed by atoms with Crippen molar-refractivity contribution >= 4 is 27.2 Å². The summed E-state index contributed by atoms with van der Waals surface area (Å²) in [5.41, 5.74) is 6.75. The highest BCUT2D eigenvalue weighted by Gasteiger charge is 2.35. The number of nitrogens with zero attached hydrogens (tertiary/aromatic N) is 2. The molecule has 0 spiro atoms. The molecule has 1 heterocycles. The van der Waals surface area contributed by atoms with Crippen molar-refractivity contribution in [1.29, 1.82) is 0 Å². The average molecular weight is 525 g/mol. The summed E-state index contributed by atoms with van der Waals surface area (Å²) < 4.78 is 2.31. The molecule has 0 fully saturated rings. The first-order valence-corrected chi connectivity index (χ1v) is 15.3. The van der Waals surface area contributed by atoms with Crippen LogP contribution in [-0.4, -0.2) is 25.8 Å². The standard InChI is InChI=1S/C21H24N2Si.C14H13B/c1-3-18(2)16-24-21(23-15-14-22-17-23,19-10-6-4-7-11-19)20-12-8-5-9-13-20;1-2-15(13-9-5-3-6-10-13)14-11-7-4-8-12-14/h3-15,17H,16,24H2,1-2H3;2-12H,1H2. The van der Waals surface area contributed by atoms with E-state index in [1.165, 1.54) is 33.7 Å². The van der Waals surface area contributed by atoms with Gasteiger partial charge in [-0.15, -0.1) is 12.6 Å². The Morgan fingerprint density at radius 1 is 0.795 bits per heavy atom. The van der Waals surface area contributed by atoms with Gasteiger partial charge in [0.1, 0.15) is 0 Å². The molecule has 0 N–H and O–H groups in total. The number of allylic oxidation sites excluding steroid dienone is 2. The Balaban J connectivity index is 0.000000202. The minimum Gasteiger partial charge on any atom is -0.327 e. The lowest BCUT2D eigenvalue weighted by atomic mass is 9.41. The molecule has 0 amide bonds. The quantitative estimate of drug-likeness (QED) is 0.166. The second-order valence-electron chi connectivity index (χ2n) is 9.73. The Morgan fingerprint density at radius 3 is 1.64 bits per heavy atom. The van der Waals surface area contributed by atoms with Crippen LogP contribution in [0.3, 0.4) is 0 Å². The molecule has 0 unspecified atom stereocenters. The maximum Gasteiger partial charge on any atom is 0.233 e. The monoisotopic (exact) mass is 524 g/mol. The van der Waals surface area contributed by atoms with E-state index in [2.05, 4.69) is 151 Å². The number of imidazole rings is 1. The van der Waals surface area contributed by atoms with E-state index in [4.69, 9.17) is 0 Å². The van der Waals surface area contributed by atoms with E-state index < -0.39 is 9.52 Å². The topological polar surface area (TPSA) is 17.8 Å². The fraction of sp³-hybridized carbons (Fsp3) is 0.114. The van der Waals surface area contributed by atoms with Crippen molar-refractivity contribution in [2.24, 2.45) is 0 Å². The second-order valence-corrected chi connectivity index (χ2v) is 11.8. The number of hydrogen-bond acceptors (Lipinski definition) is 1. The van der Waals surface area contributed by atoms with Crippen molar-refractivity contribution < 1.29 is 0 Å². The average Bonchev–Trinajstić information content (AvgIpc) is 3.56. The highest BCUT2D eigenvalue weighted by molar-refractivity contribution is 6.89. The minimum atomic E-state index is -0.551. The predicted octanol–water partition coefficient (Wildman–Crippen LogP) is 6.21. The first kappa shape index (κ1) is 27.9. The third-order valence-electron chi connectivity index (χ3n) is 7.37. The van der Waals surface area contributed by atoms with Crippen LogP contribution in [0.5, 0.6) is 0 Å². The molecule has 39 heavy (non-hydrogen) atoms. The summed E-state index contributed by atoms with van der Waals surface area (Å²) in [4.78, 5) is 4.36. The van der Waals surface area contributed by atoms with Crippen LogP contribution in [-0.2, 0) is 5.16 Å². The SMILES string of the molecule is C=CB(c1ccccc1)c1ccccc1.CC=C(C)C[SiH2]C(c1ccccc1)(c1ccccc1)n1ccnc1. The van der Waals surface area contributed by atoms with Gasteiger partial charge in [-0.05, 0) is 31.0 Å². The van der Waals surface area contributed by atoms with E-state index in [1.54, 1.807) is 0 Å². The lowest BCUT2D eigenvalue weighted by Crippen LogP contribution is -2.41. The van der Waals surface area contributed by atoms with Gasteiger partial charge in [0.05, 0.1) is 21.0 Å². The van der Waals surface area contributed by atoms with E-state index in [0.717, 1.165) is 0 Å². The Kier molecular flexibility index (Phi) is 10.1. The van der Waals surface area contributed by atoms with E-state index in [-0.39, 0.29) is 5.16 Å². The first-order chi connectivity index (χ1) is 19.2. The molecule has 2 nitrogen and oxygen atoms in total. The largest absolute Gasteiger partial charge is 0.327 e. The first-order valence-electron chi connectivity index (χ1n) is 13.6. The molecule has 1 aromatic heterocycles. The van der Waals surface area contributed by atoms with Gasteiger partial charge >= 0.3 is 0 Å². The Labute approximate surface area is 236 Å².